The number of aromatic hydroxyl groups is 1. The van der Waals surface area contributed by atoms with Gasteiger partial charge in [0.1, 0.15) is 11.5 Å². The van der Waals surface area contributed by atoms with Crippen molar-refractivity contribution in [2.45, 2.75) is 0 Å². The SMILES string of the molecule is C=C(Oc1ccccc1)/C(F)=C(\N=C/N)Oc1ccc(NC(=O)c2cccc(NC=O)c2O)cc1. The van der Waals surface area contributed by atoms with Gasteiger partial charge in [0.15, 0.2) is 11.5 Å². The second-order valence-corrected chi connectivity index (χ2v) is 6.78. The van der Waals surface area contributed by atoms with Gasteiger partial charge in [0.25, 0.3) is 11.8 Å². The van der Waals surface area contributed by atoms with Crippen LogP contribution >= 0.6 is 0 Å². The zero-order valence-corrected chi connectivity index (χ0v) is 18.3. The number of para-hydroxylation sites is 2. The summed E-state index contributed by atoms with van der Waals surface area (Å²) in [6.07, 6.45) is 1.25. The number of rotatable bonds is 10. The molecule has 3 rings (SSSR count). The summed E-state index contributed by atoms with van der Waals surface area (Å²) < 4.78 is 25.7. The molecule has 35 heavy (non-hydrogen) atoms. The highest BCUT2D eigenvalue weighted by atomic mass is 19.1. The first-order chi connectivity index (χ1) is 16.9. The summed E-state index contributed by atoms with van der Waals surface area (Å²) in [6.45, 7) is 3.55. The number of phenolic OH excluding ortho intramolecular Hbond substituents is 1. The Morgan fingerprint density at radius 1 is 1.00 bits per heavy atom. The van der Waals surface area contributed by atoms with E-state index in [-0.39, 0.29) is 28.5 Å². The fourth-order valence-electron chi connectivity index (χ4n) is 2.81. The fraction of sp³-hybridized carbons (Fsp3) is 0. The summed E-state index contributed by atoms with van der Waals surface area (Å²) in [4.78, 5) is 26.8. The van der Waals surface area contributed by atoms with Gasteiger partial charge in [0.2, 0.25) is 12.2 Å². The number of amides is 2. The van der Waals surface area contributed by atoms with Crippen LogP contribution in [-0.4, -0.2) is 23.8 Å². The number of ether oxygens (including phenoxy) is 2. The molecule has 0 bridgehead atoms. The molecule has 3 aromatic rings. The lowest BCUT2D eigenvalue weighted by molar-refractivity contribution is -0.105. The standard InChI is InChI=1S/C25H21FN4O5/c1-16(34-18-6-3-2-4-7-18)22(26)25(28-14-27)35-19-12-10-17(11-13-19)30-24(33)20-8-5-9-21(23(20)32)29-15-31/h2-15,32H,1H2,(H2,27,28)(H,29,31)(H,30,33)/b25-22-. The van der Waals surface area contributed by atoms with Crippen LogP contribution in [0.1, 0.15) is 10.4 Å². The monoisotopic (exact) mass is 476 g/mol. The highest BCUT2D eigenvalue weighted by Crippen LogP contribution is 2.28. The van der Waals surface area contributed by atoms with Gasteiger partial charge in [-0.1, -0.05) is 30.8 Å². The summed E-state index contributed by atoms with van der Waals surface area (Å²) in [5, 5.41) is 15.1. The lowest BCUT2D eigenvalue weighted by Gasteiger charge is -2.12. The largest absolute Gasteiger partial charge is 0.505 e. The number of phenols is 1. The van der Waals surface area contributed by atoms with Crippen molar-refractivity contribution in [1.29, 1.82) is 0 Å². The maximum absolute atomic E-state index is 14.8. The van der Waals surface area contributed by atoms with Gasteiger partial charge in [0, 0.05) is 5.69 Å². The van der Waals surface area contributed by atoms with Crippen LogP contribution in [0.2, 0.25) is 0 Å². The lowest BCUT2D eigenvalue weighted by atomic mass is 10.1. The minimum absolute atomic E-state index is 0.0429. The maximum atomic E-state index is 14.8. The topological polar surface area (TPSA) is 135 Å². The maximum Gasteiger partial charge on any atom is 0.261 e. The van der Waals surface area contributed by atoms with E-state index in [0.29, 0.717) is 17.8 Å². The Kier molecular flexibility index (Phi) is 8.17. The van der Waals surface area contributed by atoms with Crippen LogP contribution in [0.25, 0.3) is 0 Å². The van der Waals surface area contributed by atoms with Crippen molar-refractivity contribution in [3.05, 3.63) is 102 Å². The zero-order chi connectivity index (χ0) is 25.2. The van der Waals surface area contributed by atoms with Crippen LogP contribution < -0.4 is 25.8 Å². The van der Waals surface area contributed by atoms with Crippen molar-refractivity contribution in [1.82, 2.24) is 0 Å². The van der Waals surface area contributed by atoms with Crippen LogP contribution in [0.5, 0.6) is 17.2 Å². The number of halogens is 1. The number of carbonyl (C=O) groups excluding carboxylic acids is 2. The Balaban J connectivity index is 1.72. The molecule has 10 heteroatoms. The highest BCUT2D eigenvalue weighted by Gasteiger charge is 2.16. The molecule has 0 saturated carbocycles. The first-order valence-corrected chi connectivity index (χ1v) is 10.1. The first kappa shape index (κ1) is 24.5. The lowest BCUT2D eigenvalue weighted by Crippen LogP contribution is -2.12. The molecule has 0 atom stereocenters. The van der Waals surface area contributed by atoms with Crippen molar-refractivity contribution < 1.29 is 28.6 Å². The molecule has 0 aliphatic heterocycles. The number of benzene rings is 3. The summed E-state index contributed by atoms with van der Waals surface area (Å²) in [6, 6.07) is 18.7. The molecule has 178 valence electrons. The molecular weight excluding hydrogens is 455 g/mol. The molecule has 0 aromatic heterocycles. The Labute approximate surface area is 200 Å². The van der Waals surface area contributed by atoms with Crippen LogP contribution in [0, 0.1) is 0 Å². The van der Waals surface area contributed by atoms with E-state index < -0.39 is 17.6 Å². The van der Waals surface area contributed by atoms with Gasteiger partial charge in [-0.25, -0.2) is 4.99 Å². The van der Waals surface area contributed by atoms with Gasteiger partial charge >= 0.3 is 0 Å². The Bertz CT molecular complexity index is 1270. The molecule has 3 aromatic carbocycles. The van der Waals surface area contributed by atoms with Crippen molar-refractivity contribution >= 4 is 30.0 Å². The summed E-state index contributed by atoms with van der Waals surface area (Å²) >= 11 is 0. The van der Waals surface area contributed by atoms with E-state index in [4.69, 9.17) is 15.2 Å². The molecular formula is C25H21FN4O5. The van der Waals surface area contributed by atoms with Crippen molar-refractivity contribution in [3.63, 3.8) is 0 Å². The molecule has 0 spiro atoms. The molecule has 2 amide bonds. The Hall–Kier alpha value is -5.12. The molecule has 5 N–H and O–H groups in total. The van der Waals surface area contributed by atoms with Crippen LogP contribution in [0.4, 0.5) is 15.8 Å². The van der Waals surface area contributed by atoms with Crippen molar-refractivity contribution in [3.8, 4) is 17.2 Å². The normalized spacial score (nSPS) is 11.3. The Morgan fingerprint density at radius 3 is 2.34 bits per heavy atom. The zero-order valence-electron chi connectivity index (χ0n) is 18.3. The summed E-state index contributed by atoms with van der Waals surface area (Å²) in [7, 11) is 0. The molecule has 0 aliphatic carbocycles. The molecule has 0 heterocycles. The van der Waals surface area contributed by atoms with E-state index in [1.807, 2.05) is 0 Å². The number of hydrogen-bond donors (Lipinski definition) is 4. The molecule has 0 saturated heterocycles. The minimum atomic E-state index is -0.966. The van der Waals surface area contributed by atoms with Gasteiger partial charge in [-0.05, 0) is 48.5 Å². The molecule has 0 aliphatic rings. The Morgan fingerprint density at radius 2 is 1.69 bits per heavy atom. The number of anilines is 2. The van der Waals surface area contributed by atoms with E-state index in [1.54, 1.807) is 30.3 Å². The summed E-state index contributed by atoms with van der Waals surface area (Å²) in [5.41, 5.74) is 5.73. The van der Waals surface area contributed by atoms with Gasteiger partial charge < -0.3 is 30.9 Å². The second kappa shape index (κ2) is 11.7. The van der Waals surface area contributed by atoms with E-state index in [9.17, 15) is 19.1 Å². The van der Waals surface area contributed by atoms with E-state index in [1.165, 1.54) is 42.5 Å². The molecule has 9 nitrogen and oxygen atoms in total. The number of allylic oxidation sites excluding steroid dienone is 1. The van der Waals surface area contributed by atoms with Gasteiger partial charge in [-0.2, -0.15) is 4.39 Å². The smallest absolute Gasteiger partial charge is 0.261 e. The number of aliphatic imine (C=N–C) groups is 1. The van der Waals surface area contributed by atoms with Gasteiger partial charge in [-0.3, -0.25) is 9.59 Å². The van der Waals surface area contributed by atoms with Crippen LogP contribution in [0.15, 0.2) is 102 Å². The predicted octanol–water partition coefficient (Wildman–Crippen LogP) is 4.31. The van der Waals surface area contributed by atoms with Crippen molar-refractivity contribution in [2.75, 3.05) is 10.6 Å². The van der Waals surface area contributed by atoms with Crippen LogP contribution in [-0.2, 0) is 4.79 Å². The number of hydrogen-bond acceptors (Lipinski definition) is 6. The highest BCUT2D eigenvalue weighted by molar-refractivity contribution is 6.07. The fourth-order valence-corrected chi connectivity index (χ4v) is 2.81. The number of nitrogens with two attached hydrogens (primary N) is 1. The van der Waals surface area contributed by atoms with Crippen molar-refractivity contribution in [2.24, 2.45) is 10.7 Å². The third-order valence-corrected chi connectivity index (χ3v) is 4.43. The first-order valence-electron chi connectivity index (χ1n) is 10.1. The number of carbonyl (C=O) groups is 2. The number of nitrogens with one attached hydrogen (secondary N) is 2. The average molecular weight is 476 g/mol. The van der Waals surface area contributed by atoms with Crippen LogP contribution in [0.3, 0.4) is 0 Å². The molecule has 0 radical (unpaired) electrons. The summed E-state index contributed by atoms with van der Waals surface area (Å²) in [5.74, 6) is -2.19. The predicted molar refractivity (Wildman–Crippen MR) is 130 cm³/mol. The third-order valence-electron chi connectivity index (χ3n) is 4.43. The number of nitrogens with zero attached hydrogens (tertiary/aromatic N) is 1. The van der Waals surface area contributed by atoms with E-state index in [2.05, 4.69) is 22.2 Å². The van der Waals surface area contributed by atoms with Gasteiger partial charge in [-0.15, -0.1) is 0 Å². The van der Waals surface area contributed by atoms with Gasteiger partial charge in [0.05, 0.1) is 17.6 Å². The molecule has 0 unspecified atom stereocenters. The second-order valence-electron chi connectivity index (χ2n) is 6.78. The van der Waals surface area contributed by atoms with E-state index >= 15 is 0 Å². The minimum Gasteiger partial charge on any atom is -0.505 e. The third kappa shape index (κ3) is 6.45. The molecule has 0 fully saturated rings. The average Bonchev–Trinajstić information content (AvgIpc) is 2.86. The quantitative estimate of drug-likeness (QED) is 0.0860. The van der Waals surface area contributed by atoms with E-state index in [0.717, 1.165) is 6.34 Å².